The van der Waals surface area contributed by atoms with Gasteiger partial charge in [0.15, 0.2) is 0 Å². The van der Waals surface area contributed by atoms with E-state index in [1.54, 1.807) is 7.11 Å². The number of hydrazine groups is 1. The van der Waals surface area contributed by atoms with E-state index >= 15 is 0 Å². The smallest absolute Gasteiger partial charge is 0.238 e. The third-order valence-electron chi connectivity index (χ3n) is 3.16. The summed E-state index contributed by atoms with van der Waals surface area (Å²) in [5, 5.41) is 2.02. The average Bonchev–Trinajstić information content (AvgIpc) is 2.40. The Morgan fingerprint density at radius 1 is 1.22 bits per heavy atom. The number of carbonyl (C=O) groups is 1. The Morgan fingerprint density at radius 3 is 2.50 bits per heavy atom. The van der Waals surface area contributed by atoms with Crippen LogP contribution in [-0.2, 0) is 11.2 Å². The molecule has 1 aliphatic heterocycles. The van der Waals surface area contributed by atoms with Crippen LogP contribution in [0.15, 0.2) is 24.3 Å². The zero-order valence-electron chi connectivity index (χ0n) is 10.8. The van der Waals surface area contributed by atoms with Crippen LogP contribution in [0.2, 0.25) is 0 Å². The molecule has 1 saturated heterocycles. The second-order valence-corrected chi connectivity index (χ2v) is 4.61. The van der Waals surface area contributed by atoms with Crippen LogP contribution in [-0.4, -0.2) is 31.1 Å². The number of ether oxygens (including phenoxy) is 1. The van der Waals surface area contributed by atoms with E-state index in [0.717, 1.165) is 24.4 Å². The number of carbonyl (C=O) groups excluding carboxylic acids is 1. The predicted molar refractivity (Wildman–Crippen MR) is 70.3 cm³/mol. The summed E-state index contributed by atoms with van der Waals surface area (Å²) in [7, 11) is 1.64. The van der Waals surface area contributed by atoms with Gasteiger partial charge in [0, 0.05) is 13.1 Å². The average molecular weight is 248 g/mol. The Hall–Kier alpha value is -1.55. The number of hydrogen-bond acceptors (Lipinski definition) is 3. The van der Waals surface area contributed by atoms with Crippen LogP contribution in [0.1, 0.15) is 24.8 Å². The van der Waals surface area contributed by atoms with Crippen molar-refractivity contribution in [3.05, 3.63) is 29.8 Å². The highest BCUT2D eigenvalue weighted by atomic mass is 16.5. The van der Waals surface area contributed by atoms with E-state index in [2.05, 4.69) is 5.43 Å². The van der Waals surface area contributed by atoms with E-state index in [9.17, 15) is 4.79 Å². The van der Waals surface area contributed by atoms with Crippen LogP contribution in [0.25, 0.3) is 0 Å². The number of piperidine rings is 1. The lowest BCUT2D eigenvalue weighted by atomic mass is 10.1. The highest BCUT2D eigenvalue weighted by Gasteiger charge is 2.12. The largest absolute Gasteiger partial charge is 0.497 e. The van der Waals surface area contributed by atoms with Crippen molar-refractivity contribution in [3.63, 3.8) is 0 Å². The number of nitrogens with one attached hydrogen (secondary N) is 1. The first kappa shape index (κ1) is 12.9. The van der Waals surface area contributed by atoms with Gasteiger partial charge in [-0.2, -0.15) is 0 Å². The summed E-state index contributed by atoms with van der Waals surface area (Å²) in [6, 6.07) is 7.61. The number of amides is 1. The highest BCUT2D eigenvalue weighted by molar-refractivity contribution is 5.78. The topological polar surface area (TPSA) is 41.6 Å². The summed E-state index contributed by atoms with van der Waals surface area (Å²) in [5.41, 5.74) is 3.96. The lowest BCUT2D eigenvalue weighted by Gasteiger charge is -2.26. The van der Waals surface area contributed by atoms with Crippen LogP contribution in [0.3, 0.4) is 0 Å². The molecule has 1 aliphatic rings. The minimum atomic E-state index is 0.0575. The molecule has 4 nitrogen and oxygen atoms in total. The Bertz CT molecular complexity index is 383. The molecule has 0 aliphatic carbocycles. The summed E-state index contributed by atoms with van der Waals surface area (Å²) < 4.78 is 5.09. The quantitative estimate of drug-likeness (QED) is 0.882. The SMILES string of the molecule is COc1ccc(CC(=O)NN2CCCCC2)cc1. The second kappa shape index (κ2) is 6.40. The standard InChI is InChI=1S/C14H20N2O2/c1-18-13-7-5-12(6-8-13)11-14(17)15-16-9-3-2-4-10-16/h5-8H,2-4,9-11H2,1H3,(H,15,17). The molecule has 0 spiro atoms. The zero-order valence-corrected chi connectivity index (χ0v) is 10.8. The van der Waals surface area contributed by atoms with Crippen molar-refractivity contribution < 1.29 is 9.53 Å². The van der Waals surface area contributed by atoms with E-state index in [1.807, 2.05) is 29.3 Å². The van der Waals surface area contributed by atoms with Crippen molar-refractivity contribution in [2.24, 2.45) is 0 Å². The van der Waals surface area contributed by atoms with Gasteiger partial charge in [0.05, 0.1) is 13.5 Å². The normalized spacial score (nSPS) is 16.3. The maximum atomic E-state index is 11.9. The molecule has 0 bridgehead atoms. The van der Waals surface area contributed by atoms with Crippen LogP contribution in [0.4, 0.5) is 0 Å². The molecule has 2 rings (SSSR count). The summed E-state index contributed by atoms with van der Waals surface area (Å²) >= 11 is 0. The molecular weight excluding hydrogens is 228 g/mol. The lowest BCUT2D eigenvalue weighted by molar-refractivity contribution is -0.125. The van der Waals surface area contributed by atoms with Crippen molar-refractivity contribution in [2.45, 2.75) is 25.7 Å². The van der Waals surface area contributed by atoms with Crippen molar-refractivity contribution in [1.29, 1.82) is 0 Å². The Labute approximate surface area is 108 Å². The second-order valence-electron chi connectivity index (χ2n) is 4.61. The van der Waals surface area contributed by atoms with Gasteiger partial charge >= 0.3 is 0 Å². The molecule has 0 saturated carbocycles. The summed E-state index contributed by atoms with van der Waals surface area (Å²) in [4.78, 5) is 11.9. The van der Waals surface area contributed by atoms with Crippen LogP contribution in [0.5, 0.6) is 5.75 Å². The number of methoxy groups -OCH3 is 1. The maximum absolute atomic E-state index is 11.9. The zero-order chi connectivity index (χ0) is 12.8. The van der Waals surface area contributed by atoms with Gasteiger partial charge in [-0.3, -0.25) is 10.2 Å². The van der Waals surface area contributed by atoms with Gasteiger partial charge in [0.25, 0.3) is 0 Å². The van der Waals surface area contributed by atoms with E-state index in [1.165, 1.54) is 19.3 Å². The van der Waals surface area contributed by atoms with E-state index < -0.39 is 0 Å². The molecule has 1 N–H and O–H groups in total. The first-order valence-corrected chi connectivity index (χ1v) is 6.45. The lowest BCUT2D eigenvalue weighted by Crippen LogP contribution is -2.45. The number of hydrogen-bond donors (Lipinski definition) is 1. The fraction of sp³-hybridized carbons (Fsp3) is 0.500. The molecule has 1 aromatic rings. The minimum absolute atomic E-state index is 0.0575. The fourth-order valence-electron chi connectivity index (χ4n) is 2.15. The monoisotopic (exact) mass is 248 g/mol. The predicted octanol–water partition coefficient (Wildman–Crippen LogP) is 1.75. The molecular formula is C14H20N2O2. The van der Waals surface area contributed by atoms with Gasteiger partial charge < -0.3 is 4.74 Å². The van der Waals surface area contributed by atoms with Crippen LogP contribution in [0, 0.1) is 0 Å². The minimum Gasteiger partial charge on any atom is -0.497 e. The Morgan fingerprint density at radius 2 is 1.89 bits per heavy atom. The van der Waals surface area contributed by atoms with E-state index in [4.69, 9.17) is 4.74 Å². The first-order chi connectivity index (χ1) is 8.78. The van der Waals surface area contributed by atoms with Gasteiger partial charge in [-0.25, -0.2) is 5.01 Å². The first-order valence-electron chi connectivity index (χ1n) is 6.45. The molecule has 1 aromatic carbocycles. The maximum Gasteiger partial charge on any atom is 0.238 e. The molecule has 0 atom stereocenters. The van der Waals surface area contributed by atoms with Crippen molar-refractivity contribution in [3.8, 4) is 5.75 Å². The number of rotatable bonds is 4. The molecule has 0 unspecified atom stereocenters. The molecule has 0 aromatic heterocycles. The highest BCUT2D eigenvalue weighted by Crippen LogP contribution is 2.12. The van der Waals surface area contributed by atoms with Crippen LogP contribution >= 0.6 is 0 Å². The molecule has 4 heteroatoms. The molecule has 1 heterocycles. The molecule has 0 radical (unpaired) electrons. The van der Waals surface area contributed by atoms with Gasteiger partial charge in [-0.1, -0.05) is 18.6 Å². The van der Waals surface area contributed by atoms with Crippen molar-refractivity contribution >= 4 is 5.91 Å². The fourth-order valence-corrected chi connectivity index (χ4v) is 2.15. The van der Waals surface area contributed by atoms with Crippen molar-refractivity contribution in [1.82, 2.24) is 10.4 Å². The molecule has 1 fully saturated rings. The van der Waals surface area contributed by atoms with E-state index in [-0.39, 0.29) is 5.91 Å². The third-order valence-corrected chi connectivity index (χ3v) is 3.16. The molecule has 1 amide bonds. The summed E-state index contributed by atoms with van der Waals surface area (Å²) in [5.74, 6) is 0.872. The van der Waals surface area contributed by atoms with Crippen LogP contribution < -0.4 is 10.2 Å². The summed E-state index contributed by atoms with van der Waals surface area (Å²) in [6.45, 7) is 1.93. The van der Waals surface area contributed by atoms with Gasteiger partial charge in [-0.15, -0.1) is 0 Å². The molecule has 18 heavy (non-hydrogen) atoms. The summed E-state index contributed by atoms with van der Waals surface area (Å²) in [6.07, 6.45) is 4.02. The van der Waals surface area contributed by atoms with Gasteiger partial charge in [-0.05, 0) is 30.5 Å². The molecule has 98 valence electrons. The van der Waals surface area contributed by atoms with Crippen molar-refractivity contribution in [2.75, 3.05) is 20.2 Å². The number of benzene rings is 1. The third kappa shape index (κ3) is 3.74. The Balaban J connectivity index is 1.82. The Kier molecular flexibility index (Phi) is 4.59. The van der Waals surface area contributed by atoms with Gasteiger partial charge in [0.2, 0.25) is 5.91 Å². The van der Waals surface area contributed by atoms with E-state index in [0.29, 0.717) is 6.42 Å². The van der Waals surface area contributed by atoms with Gasteiger partial charge in [0.1, 0.15) is 5.75 Å². The number of nitrogens with zero attached hydrogens (tertiary/aromatic N) is 1.